The summed E-state index contributed by atoms with van der Waals surface area (Å²) >= 11 is 12.2. The third kappa shape index (κ3) is 7.81. The predicted octanol–water partition coefficient (Wildman–Crippen LogP) is 7.23. The number of hydrogen-bond acceptors (Lipinski definition) is 6. The van der Waals surface area contributed by atoms with E-state index < -0.39 is 15.9 Å². The molecule has 8 nitrogen and oxygen atoms in total. The maximum absolute atomic E-state index is 13.7. The molecule has 1 amide bonds. The molecule has 0 spiro atoms. The van der Waals surface area contributed by atoms with E-state index >= 15 is 0 Å². The molecule has 0 bridgehead atoms. The van der Waals surface area contributed by atoms with Crippen molar-refractivity contribution in [3.63, 3.8) is 0 Å². The lowest BCUT2D eigenvalue weighted by molar-refractivity contribution is -0.112. The van der Waals surface area contributed by atoms with Crippen LogP contribution in [0.3, 0.4) is 0 Å². The van der Waals surface area contributed by atoms with Gasteiger partial charge in [-0.25, -0.2) is 8.42 Å². The van der Waals surface area contributed by atoms with Crippen LogP contribution in [0.5, 0.6) is 5.75 Å². The number of rotatable bonds is 11. The first-order chi connectivity index (χ1) is 20.1. The first kappa shape index (κ1) is 30.9. The van der Waals surface area contributed by atoms with Crippen LogP contribution in [-0.2, 0) is 27.9 Å². The number of benzene rings is 3. The fourth-order valence-electron chi connectivity index (χ4n) is 3.95. The largest absolute Gasteiger partial charge is 0.494 e. The average Bonchev–Trinajstić information content (AvgIpc) is 3.41. The summed E-state index contributed by atoms with van der Waals surface area (Å²) in [6.45, 7) is 4.13. The third-order valence-corrected chi connectivity index (χ3v) is 8.64. The van der Waals surface area contributed by atoms with E-state index in [0.29, 0.717) is 39.4 Å². The molecule has 216 valence electrons. The highest BCUT2D eigenvalue weighted by Gasteiger charge is 2.26. The summed E-state index contributed by atoms with van der Waals surface area (Å²) in [6, 6.07) is 23.2. The SMILES string of the molecule is CCOc1ccc(NC(=O)/C(C#N)=C\c2ccc(CN(Cc3ccc(Cl)c(Cl)c3)S(=O)(=O)c3ccc(C)cc3)o2)cc1. The Morgan fingerprint density at radius 3 is 2.36 bits per heavy atom. The number of furan rings is 1. The maximum atomic E-state index is 13.7. The van der Waals surface area contributed by atoms with E-state index in [1.54, 1.807) is 78.9 Å². The van der Waals surface area contributed by atoms with Gasteiger partial charge in [0.05, 0.1) is 28.1 Å². The van der Waals surface area contributed by atoms with E-state index in [2.05, 4.69) is 5.32 Å². The Labute approximate surface area is 254 Å². The molecule has 4 aromatic rings. The van der Waals surface area contributed by atoms with Gasteiger partial charge in [-0.05, 0) is 80.1 Å². The van der Waals surface area contributed by atoms with Crippen molar-refractivity contribution in [3.05, 3.63) is 117 Å². The van der Waals surface area contributed by atoms with E-state index in [9.17, 15) is 18.5 Å². The molecule has 0 fully saturated rings. The first-order valence-electron chi connectivity index (χ1n) is 12.8. The van der Waals surface area contributed by atoms with Crippen LogP contribution in [0.15, 0.2) is 93.7 Å². The molecule has 1 heterocycles. The molecule has 42 heavy (non-hydrogen) atoms. The number of nitrogens with one attached hydrogen (secondary N) is 1. The molecule has 4 rings (SSSR count). The van der Waals surface area contributed by atoms with Gasteiger partial charge in [0.25, 0.3) is 5.91 Å². The summed E-state index contributed by atoms with van der Waals surface area (Å²) in [7, 11) is -3.95. The number of carbonyl (C=O) groups is 1. The Bertz CT molecular complexity index is 1740. The molecule has 0 aliphatic carbocycles. The second-order valence-corrected chi connectivity index (χ2v) is 12.0. The Morgan fingerprint density at radius 1 is 1.00 bits per heavy atom. The minimum atomic E-state index is -3.95. The van der Waals surface area contributed by atoms with Gasteiger partial charge in [0, 0.05) is 18.3 Å². The van der Waals surface area contributed by atoms with Crippen molar-refractivity contribution in [3.8, 4) is 11.8 Å². The molecule has 0 unspecified atom stereocenters. The summed E-state index contributed by atoms with van der Waals surface area (Å²) in [6.07, 6.45) is 1.30. The summed E-state index contributed by atoms with van der Waals surface area (Å²) in [5, 5.41) is 12.9. The monoisotopic (exact) mass is 623 g/mol. The van der Waals surface area contributed by atoms with Crippen LogP contribution in [0.1, 0.15) is 29.6 Å². The maximum Gasteiger partial charge on any atom is 0.266 e. The van der Waals surface area contributed by atoms with Crippen LogP contribution in [0.2, 0.25) is 10.0 Å². The normalized spacial score (nSPS) is 11.8. The molecule has 1 N–H and O–H groups in total. The number of amides is 1. The lowest BCUT2D eigenvalue weighted by atomic mass is 10.2. The number of aryl methyl sites for hydroxylation is 1. The highest BCUT2D eigenvalue weighted by atomic mass is 35.5. The van der Waals surface area contributed by atoms with Gasteiger partial charge in [-0.15, -0.1) is 0 Å². The number of sulfonamides is 1. The molecule has 0 aliphatic heterocycles. The molecular formula is C31H27Cl2N3O5S. The van der Waals surface area contributed by atoms with E-state index in [4.69, 9.17) is 32.4 Å². The summed E-state index contributed by atoms with van der Waals surface area (Å²) < 4.78 is 39.8. The first-order valence-corrected chi connectivity index (χ1v) is 15.0. The van der Waals surface area contributed by atoms with Gasteiger partial charge < -0.3 is 14.5 Å². The number of nitrogens with zero attached hydrogens (tertiary/aromatic N) is 2. The smallest absolute Gasteiger partial charge is 0.266 e. The predicted molar refractivity (Wildman–Crippen MR) is 163 cm³/mol. The van der Waals surface area contributed by atoms with Crippen molar-refractivity contribution in [1.29, 1.82) is 5.26 Å². The van der Waals surface area contributed by atoms with Crippen molar-refractivity contribution in [1.82, 2.24) is 4.31 Å². The minimum absolute atomic E-state index is 0.00703. The lowest BCUT2D eigenvalue weighted by Crippen LogP contribution is -2.30. The van der Waals surface area contributed by atoms with E-state index in [1.807, 2.05) is 19.9 Å². The molecule has 0 saturated heterocycles. The minimum Gasteiger partial charge on any atom is -0.494 e. The van der Waals surface area contributed by atoms with Crippen LogP contribution in [-0.4, -0.2) is 25.2 Å². The highest BCUT2D eigenvalue weighted by Crippen LogP contribution is 2.27. The Balaban J connectivity index is 1.56. The topological polar surface area (TPSA) is 113 Å². The van der Waals surface area contributed by atoms with Gasteiger partial charge in [0.15, 0.2) is 0 Å². The van der Waals surface area contributed by atoms with Gasteiger partial charge in [-0.2, -0.15) is 9.57 Å². The molecule has 0 atom stereocenters. The van der Waals surface area contributed by atoms with Crippen molar-refractivity contribution < 1.29 is 22.4 Å². The highest BCUT2D eigenvalue weighted by molar-refractivity contribution is 7.89. The Morgan fingerprint density at radius 2 is 1.71 bits per heavy atom. The van der Waals surface area contributed by atoms with Crippen molar-refractivity contribution in [2.45, 2.75) is 31.8 Å². The summed E-state index contributed by atoms with van der Waals surface area (Å²) in [5.74, 6) is 0.557. The number of anilines is 1. The van der Waals surface area contributed by atoms with Gasteiger partial charge in [0.2, 0.25) is 10.0 Å². The lowest BCUT2D eigenvalue weighted by Gasteiger charge is -2.22. The van der Waals surface area contributed by atoms with E-state index in [1.165, 1.54) is 10.4 Å². The van der Waals surface area contributed by atoms with Gasteiger partial charge in [-0.1, -0.05) is 47.0 Å². The van der Waals surface area contributed by atoms with E-state index in [0.717, 1.165) is 5.56 Å². The van der Waals surface area contributed by atoms with Crippen molar-refractivity contribution >= 4 is 50.9 Å². The van der Waals surface area contributed by atoms with Crippen LogP contribution < -0.4 is 10.1 Å². The zero-order valence-corrected chi connectivity index (χ0v) is 25.1. The quantitative estimate of drug-likeness (QED) is 0.139. The summed E-state index contributed by atoms with van der Waals surface area (Å²) in [4.78, 5) is 12.9. The van der Waals surface area contributed by atoms with Gasteiger partial charge in [0.1, 0.15) is 28.9 Å². The van der Waals surface area contributed by atoms with Crippen molar-refractivity contribution in [2.24, 2.45) is 0 Å². The second kappa shape index (κ2) is 13.7. The van der Waals surface area contributed by atoms with E-state index in [-0.39, 0.29) is 29.3 Å². The standard InChI is InChI=1S/C31H27Cl2N3O5S/c1-3-40-25-9-7-24(8-10-25)35-31(37)23(18-34)17-26-11-12-27(41-26)20-36(19-22-6-15-29(32)30(33)16-22)42(38,39)28-13-4-21(2)5-14-28/h4-17H,3,19-20H2,1-2H3,(H,35,37)/b23-17-. The molecular weight excluding hydrogens is 597 g/mol. The fourth-order valence-corrected chi connectivity index (χ4v) is 5.66. The number of nitriles is 1. The number of halogens is 2. The van der Waals surface area contributed by atoms with Crippen LogP contribution in [0.25, 0.3) is 6.08 Å². The van der Waals surface area contributed by atoms with Crippen LogP contribution in [0, 0.1) is 18.3 Å². The molecule has 0 saturated carbocycles. The third-order valence-electron chi connectivity index (χ3n) is 6.09. The number of ether oxygens (including phenoxy) is 1. The molecule has 0 aliphatic rings. The van der Waals surface area contributed by atoms with Crippen LogP contribution >= 0.6 is 23.2 Å². The number of carbonyl (C=O) groups excluding carboxylic acids is 1. The van der Waals surface area contributed by atoms with Crippen molar-refractivity contribution in [2.75, 3.05) is 11.9 Å². The molecule has 3 aromatic carbocycles. The summed E-state index contributed by atoms with van der Waals surface area (Å²) in [5.41, 5.74) is 1.85. The average molecular weight is 625 g/mol. The zero-order valence-electron chi connectivity index (χ0n) is 22.8. The van der Waals surface area contributed by atoms with Gasteiger partial charge >= 0.3 is 0 Å². The zero-order chi connectivity index (χ0) is 30.3. The second-order valence-electron chi connectivity index (χ2n) is 9.22. The molecule has 0 radical (unpaired) electrons. The molecule has 11 heteroatoms. The fraction of sp³-hybridized carbons (Fsp3) is 0.161. The van der Waals surface area contributed by atoms with Crippen LogP contribution in [0.4, 0.5) is 5.69 Å². The Kier molecular flexibility index (Phi) is 10.1. The molecule has 1 aromatic heterocycles. The Hall–Kier alpha value is -4.07. The van der Waals surface area contributed by atoms with Gasteiger partial charge in [-0.3, -0.25) is 4.79 Å². The number of hydrogen-bond donors (Lipinski definition) is 1.